The highest BCUT2D eigenvalue weighted by molar-refractivity contribution is 9.11. The average molecular weight is 412 g/mol. The minimum absolute atomic E-state index is 0.0219. The van der Waals surface area contributed by atoms with E-state index in [2.05, 4.69) is 36.6 Å². The van der Waals surface area contributed by atoms with E-state index in [1.807, 2.05) is 0 Å². The average Bonchev–Trinajstić information content (AvgIpc) is 2.27. The molecule has 19 heavy (non-hydrogen) atoms. The zero-order valence-corrected chi connectivity index (χ0v) is 14.3. The lowest BCUT2D eigenvalue weighted by Gasteiger charge is -2.23. The van der Waals surface area contributed by atoms with Crippen LogP contribution >= 0.6 is 31.9 Å². The van der Waals surface area contributed by atoms with Gasteiger partial charge in [-0.15, -0.1) is 0 Å². The Morgan fingerprint density at radius 1 is 1.16 bits per heavy atom. The molecule has 3 N–H and O–H groups in total. The topological polar surface area (TPSA) is 72.2 Å². The van der Waals surface area contributed by atoms with E-state index in [-0.39, 0.29) is 16.6 Å². The van der Waals surface area contributed by atoms with E-state index < -0.39 is 10.0 Å². The second kappa shape index (κ2) is 6.11. The first-order valence-corrected chi connectivity index (χ1v) is 9.24. The van der Waals surface area contributed by atoms with Crippen LogP contribution in [0.4, 0.5) is 5.69 Å². The van der Waals surface area contributed by atoms with Gasteiger partial charge in [-0.2, -0.15) is 0 Å². The maximum Gasteiger partial charge on any atom is 0.243 e. The molecule has 1 saturated carbocycles. The first-order valence-electron chi connectivity index (χ1n) is 6.17. The van der Waals surface area contributed by atoms with Gasteiger partial charge in [-0.3, -0.25) is 0 Å². The van der Waals surface area contributed by atoms with Crippen LogP contribution in [-0.4, -0.2) is 14.5 Å². The zero-order valence-electron chi connectivity index (χ0n) is 10.3. The molecule has 1 aromatic rings. The van der Waals surface area contributed by atoms with E-state index in [4.69, 9.17) is 5.73 Å². The molecule has 0 heterocycles. The third-order valence-electron chi connectivity index (χ3n) is 3.23. The molecule has 0 radical (unpaired) electrons. The molecule has 2 rings (SSSR count). The third kappa shape index (κ3) is 3.71. The Morgan fingerprint density at radius 2 is 1.79 bits per heavy atom. The molecule has 0 spiro atoms. The van der Waals surface area contributed by atoms with Gasteiger partial charge in [0.25, 0.3) is 0 Å². The van der Waals surface area contributed by atoms with Crippen LogP contribution in [-0.2, 0) is 10.0 Å². The second-order valence-electron chi connectivity index (χ2n) is 4.76. The summed E-state index contributed by atoms with van der Waals surface area (Å²) >= 11 is 6.56. The summed E-state index contributed by atoms with van der Waals surface area (Å²) in [6.45, 7) is 0. The van der Waals surface area contributed by atoms with Crippen molar-refractivity contribution in [2.45, 2.75) is 43.0 Å². The van der Waals surface area contributed by atoms with Crippen molar-refractivity contribution in [2.24, 2.45) is 0 Å². The highest BCUT2D eigenvalue weighted by atomic mass is 79.9. The Morgan fingerprint density at radius 3 is 2.37 bits per heavy atom. The normalized spacial score (nSPS) is 17.6. The molecule has 1 aromatic carbocycles. The van der Waals surface area contributed by atoms with Crippen molar-refractivity contribution in [3.63, 3.8) is 0 Å². The second-order valence-corrected chi connectivity index (χ2v) is 8.18. The van der Waals surface area contributed by atoms with Crippen LogP contribution in [0, 0.1) is 0 Å². The molecule has 4 nitrogen and oxygen atoms in total. The SMILES string of the molecule is Nc1cc(Br)cc(Br)c1S(=O)(=O)NC1CCCCC1. The summed E-state index contributed by atoms with van der Waals surface area (Å²) < 4.78 is 28.8. The summed E-state index contributed by atoms with van der Waals surface area (Å²) in [5, 5.41) is 0. The summed E-state index contributed by atoms with van der Waals surface area (Å²) in [5.74, 6) is 0. The number of nitrogen functional groups attached to an aromatic ring is 1. The largest absolute Gasteiger partial charge is 0.398 e. The maximum absolute atomic E-state index is 12.4. The third-order valence-corrected chi connectivity index (χ3v) is 6.22. The van der Waals surface area contributed by atoms with Crippen molar-refractivity contribution < 1.29 is 8.42 Å². The molecule has 0 bridgehead atoms. The van der Waals surface area contributed by atoms with E-state index in [0.29, 0.717) is 4.47 Å². The van der Waals surface area contributed by atoms with Crippen LogP contribution in [0.25, 0.3) is 0 Å². The van der Waals surface area contributed by atoms with Gasteiger partial charge in [0.1, 0.15) is 4.90 Å². The van der Waals surface area contributed by atoms with Crippen LogP contribution in [0.5, 0.6) is 0 Å². The zero-order chi connectivity index (χ0) is 14.0. The minimum Gasteiger partial charge on any atom is -0.398 e. The Kier molecular flexibility index (Phi) is 4.92. The van der Waals surface area contributed by atoms with Gasteiger partial charge in [-0.25, -0.2) is 13.1 Å². The molecule has 7 heteroatoms. The van der Waals surface area contributed by atoms with Crippen molar-refractivity contribution in [1.29, 1.82) is 0 Å². The molecule has 1 fully saturated rings. The summed E-state index contributed by atoms with van der Waals surface area (Å²) in [5.41, 5.74) is 6.07. The van der Waals surface area contributed by atoms with E-state index >= 15 is 0 Å². The Bertz CT molecular complexity index is 546. The molecule has 0 unspecified atom stereocenters. The van der Waals surface area contributed by atoms with Crippen LogP contribution in [0.1, 0.15) is 32.1 Å². The predicted octanol–water partition coefficient (Wildman–Crippen LogP) is 3.40. The number of sulfonamides is 1. The smallest absolute Gasteiger partial charge is 0.243 e. The molecule has 0 amide bonds. The molecule has 1 aliphatic carbocycles. The van der Waals surface area contributed by atoms with Crippen molar-refractivity contribution in [1.82, 2.24) is 4.72 Å². The van der Waals surface area contributed by atoms with E-state index in [1.165, 1.54) is 6.42 Å². The van der Waals surface area contributed by atoms with Gasteiger partial charge >= 0.3 is 0 Å². The van der Waals surface area contributed by atoms with Crippen molar-refractivity contribution >= 4 is 47.6 Å². The van der Waals surface area contributed by atoms with Crippen LogP contribution < -0.4 is 10.5 Å². The van der Waals surface area contributed by atoms with Gasteiger partial charge in [-0.1, -0.05) is 35.2 Å². The van der Waals surface area contributed by atoms with E-state index in [9.17, 15) is 8.42 Å². The van der Waals surface area contributed by atoms with Crippen molar-refractivity contribution in [3.05, 3.63) is 21.1 Å². The quantitative estimate of drug-likeness (QED) is 0.748. The molecule has 0 saturated heterocycles. The van der Waals surface area contributed by atoms with Gasteiger partial charge in [0.15, 0.2) is 0 Å². The fraction of sp³-hybridized carbons (Fsp3) is 0.500. The first-order chi connectivity index (χ1) is 8.90. The first kappa shape index (κ1) is 15.3. The highest BCUT2D eigenvalue weighted by Gasteiger charge is 2.25. The molecule has 1 aliphatic rings. The summed E-state index contributed by atoms with van der Waals surface area (Å²) in [6, 6.07) is 3.31. The Labute approximate surface area is 130 Å². The van der Waals surface area contributed by atoms with Crippen molar-refractivity contribution in [2.75, 3.05) is 5.73 Å². The molecular weight excluding hydrogens is 396 g/mol. The number of rotatable bonds is 3. The van der Waals surface area contributed by atoms with Gasteiger partial charge in [-0.05, 0) is 40.9 Å². The maximum atomic E-state index is 12.4. The van der Waals surface area contributed by atoms with Gasteiger partial charge in [0.2, 0.25) is 10.0 Å². The Hall–Kier alpha value is -0.110. The van der Waals surface area contributed by atoms with Crippen LogP contribution in [0.3, 0.4) is 0 Å². The van der Waals surface area contributed by atoms with E-state index in [0.717, 1.165) is 30.2 Å². The minimum atomic E-state index is -3.58. The highest BCUT2D eigenvalue weighted by Crippen LogP contribution is 2.32. The lowest BCUT2D eigenvalue weighted by molar-refractivity contribution is 0.412. The number of hydrogen-bond acceptors (Lipinski definition) is 3. The van der Waals surface area contributed by atoms with Crippen LogP contribution in [0.15, 0.2) is 26.0 Å². The monoisotopic (exact) mass is 410 g/mol. The van der Waals surface area contributed by atoms with Crippen LogP contribution in [0.2, 0.25) is 0 Å². The standard InChI is InChI=1S/C12H16Br2N2O2S/c13-8-6-10(14)12(11(15)7-8)19(17,18)16-9-4-2-1-3-5-9/h6-7,9,16H,1-5,15H2. The van der Waals surface area contributed by atoms with Gasteiger partial charge in [0.05, 0.1) is 5.69 Å². The fourth-order valence-electron chi connectivity index (χ4n) is 2.36. The number of anilines is 1. The molecule has 0 aromatic heterocycles. The molecule has 0 atom stereocenters. The summed E-state index contributed by atoms with van der Waals surface area (Å²) in [6.07, 6.45) is 5.12. The van der Waals surface area contributed by atoms with Gasteiger partial charge in [0, 0.05) is 15.0 Å². The molecular formula is C12H16Br2N2O2S. The lowest BCUT2D eigenvalue weighted by atomic mass is 9.96. The van der Waals surface area contributed by atoms with Gasteiger partial charge < -0.3 is 5.73 Å². The number of halogens is 2. The number of nitrogens with one attached hydrogen (secondary N) is 1. The number of nitrogens with two attached hydrogens (primary N) is 1. The Balaban J connectivity index is 2.29. The summed E-state index contributed by atoms with van der Waals surface area (Å²) in [7, 11) is -3.58. The number of benzene rings is 1. The van der Waals surface area contributed by atoms with Crippen molar-refractivity contribution in [3.8, 4) is 0 Å². The molecule has 0 aliphatic heterocycles. The summed E-state index contributed by atoms with van der Waals surface area (Å²) in [4.78, 5) is 0.126. The number of hydrogen-bond donors (Lipinski definition) is 2. The molecule has 106 valence electrons. The fourth-order valence-corrected chi connectivity index (χ4v) is 5.74. The van der Waals surface area contributed by atoms with E-state index in [1.54, 1.807) is 12.1 Å². The lowest BCUT2D eigenvalue weighted by Crippen LogP contribution is -2.36. The predicted molar refractivity (Wildman–Crippen MR) is 83.4 cm³/mol.